The minimum absolute atomic E-state index is 0.151. The summed E-state index contributed by atoms with van der Waals surface area (Å²) in [6.45, 7) is 2.66. The average Bonchev–Trinajstić information content (AvgIpc) is 3.22. The molecule has 0 saturated carbocycles. The third-order valence-electron chi connectivity index (χ3n) is 4.09. The highest BCUT2D eigenvalue weighted by Crippen LogP contribution is 2.40. The van der Waals surface area contributed by atoms with Crippen LogP contribution in [-0.4, -0.2) is 23.3 Å². The van der Waals surface area contributed by atoms with Crippen molar-refractivity contribution in [2.24, 2.45) is 0 Å². The summed E-state index contributed by atoms with van der Waals surface area (Å²) in [5.41, 5.74) is 0.560. The normalized spacial score (nSPS) is 14.7. The van der Waals surface area contributed by atoms with Crippen molar-refractivity contribution in [1.29, 1.82) is 0 Å². The zero-order chi connectivity index (χ0) is 17.6. The minimum Gasteiger partial charge on any atom is -0.274 e. The van der Waals surface area contributed by atoms with Crippen LogP contribution in [0.4, 0.5) is 0 Å². The first-order valence-electron chi connectivity index (χ1n) is 8.59. The average molecular weight is 372 g/mol. The number of rotatable bonds is 8. The SMILES string of the molecule is CCCCCCN1C(=O)C(Sc2ccccc2)=C(c2cccs2)C1=O. The Morgan fingerprint density at radius 3 is 2.44 bits per heavy atom. The van der Waals surface area contributed by atoms with Crippen molar-refractivity contribution in [2.45, 2.75) is 37.5 Å². The maximum atomic E-state index is 12.9. The predicted molar refractivity (Wildman–Crippen MR) is 104 cm³/mol. The molecule has 0 N–H and O–H groups in total. The molecule has 1 aliphatic rings. The van der Waals surface area contributed by atoms with Gasteiger partial charge >= 0.3 is 0 Å². The van der Waals surface area contributed by atoms with E-state index >= 15 is 0 Å². The van der Waals surface area contributed by atoms with Crippen LogP contribution in [0.25, 0.3) is 5.57 Å². The third-order valence-corrected chi connectivity index (χ3v) is 6.07. The Morgan fingerprint density at radius 2 is 1.76 bits per heavy atom. The van der Waals surface area contributed by atoms with Gasteiger partial charge in [0.2, 0.25) is 0 Å². The number of carbonyl (C=O) groups is 2. The summed E-state index contributed by atoms with van der Waals surface area (Å²) in [6, 6.07) is 13.6. The topological polar surface area (TPSA) is 37.4 Å². The smallest absolute Gasteiger partial charge is 0.268 e. The van der Waals surface area contributed by atoms with Gasteiger partial charge in [0.25, 0.3) is 11.8 Å². The van der Waals surface area contributed by atoms with Gasteiger partial charge in [0.05, 0.1) is 10.5 Å². The molecule has 0 unspecified atom stereocenters. The number of imide groups is 1. The highest BCUT2D eigenvalue weighted by molar-refractivity contribution is 8.04. The summed E-state index contributed by atoms with van der Waals surface area (Å²) >= 11 is 2.89. The molecule has 0 fully saturated rings. The van der Waals surface area contributed by atoms with Crippen molar-refractivity contribution in [3.05, 3.63) is 57.6 Å². The van der Waals surface area contributed by atoms with E-state index in [2.05, 4.69) is 6.92 Å². The molecule has 0 spiro atoms. The maximum absolute atomic E-state index is 12.9. The van der Waals surface area contributed by atoms with Crippen molar-refractivity contribution < 1.29 is 9.59 Å². The van der Waals surface area contributed by atoms with E-state index in [9.17, 15) is 9.59 Å². The van der Waals surface area contributed by atoms with Crippen molar-refractivity contribution in [3.8, 4) is 0 Å². The van der Waals surface area contributed by atoms with Crippen molar-refractivity contribution in [2.75, 3.05) is 6.54 Å². The van der Waals surface area contributed by atoms with E-state index in [0.717, 1.165) is 35.5 Å². The lowest BCUT2D eigenvalue weighted by molar-refractivity contribution is -0.136. The number of unbranched alkanes of at least 4 members (excludes halogenated alkanes) is 3. The molecular formula is C20H21NO2S2. The maximum Gasteiger partial charge on any atom is 0.268 e. The Hall–Kier alpha value is -1.85. The zero-order valence-corrected chi connectivity index (χ0v) is 15.9. The van der Waals surface area contributed by atoms with E-state index in [0.29, 0.717) is 17.0 Å². The molecule has 0 aliphatic carbocycles. The lowest BCUT2D eigenvalue weighted by Crippen LogP contribution is -2.32. The largest absolute Gasteiger partial charge is 0.274 e. The second kappa shape index (κ2) is 8.50. The summed E-state index contributed by atoms with van der Waals surface area (Å²) in [7, 11) is 0. The number of thiophene rings is 1. The van der Waals surface area contributed by atoms with E-state index in [1.54, 1.807) is 0 Å². The van der Waals surface area contributed by atoms with E-state index < -0.39 is 0 Å². The van der Waals surface area contributed by atoms with Crippen molar-refractivity contribution in [3.63, 3.8) is 0 Å². The fraction of sp³-hybridized carbons (Fsp3) is 0.300. The first-order valence-corrected chi connectivity index (χ1v) is 10.3. The van der Waals surface area contributed by atoms with Gasteiger partial charge < -0.3 is 0 Å². The van der Waals surface area contributed by atoms with Gasteiger partial charge in [-0.3, -0.25) is 14.5 Å². The van der Waals surface area contributed by atoms with Crippen molar-refractivity contribution >= 4 is 40.5 Å². The van der Waals surface area contributed by atoms with E-state index in [-0.39, 0.29) is 11.8 Å². The second-order valence-corrected chi connectivity index (χ2v) is 7.95. The fourth-order valence-electron chi connectivity index (χ4n) is 2.79. The number of benzene rings is 1. The number of nitrogens with zero attached hydrogens (tertiary/aromatic N) is 1. The van der Waals surface area contributed by atoms with Gasteiger partial charge in [0.15, 0.2) is 0 Å². The van der Waals surface area contributed by atoms with Gasteiger partial charge in [-0.2, -0.15) is 0 Å². The molecule has 3 nitrogen and oxygen atoms in total. The molecule has 2 amide bonds. The summed E-state index contributed by atoms with van der Waals surface area (Å²) < 4.78 is 0. The van der Waals surface area contributed by atoms with E-state index in [1.807, 2.05) is 47.8 Å². The number of carbonyl (C=O) groups excluding carboxylic acids is 2. The first kappa shape index (κ1) is 18.0. The Bertz CT molecular complexity index is 766. The summed E-state index contributed by atoms with van der Waals surface area (Å²) in [5, 5.41) is 1.94. The van der Waals surface area contributed by atoms with Gasteiger partial charge in [-0.15, -0.1) is 11.3 Å². The van der Waals surface area contributed by atoms with Gasteiger partial charge in [-0.1, -0.05) is 62.2 Å². The third kappa shape index (κ3) is 4.05. The van der Waals surface area contributed by atoms with Crippen LogP contribution in [-0.2, 0) is 9.59 Å². The predicted octanol–water partition coefficient (Wildman–Crippen LogP) is 5.20. The Balaban J connectivity index is 1.86. The van der Waals surface area contributed by atoms with Gasteiger partial charge in [-0.25, -0.2) is 0 Å². The molecule has 0 saturated heterocycles. The quantitative estimate of drug-likeness (QED) is 0.473. The molecule has 0 atom stereocenters. The van der Waals surface area contributed by atoms with E-state index in [1.165, 1.54) is 28.0 Å². The molecular weight excluding hydrogens is 350 g/mol. The number of amides is 2. The van der Waals surface area contributed by atoms with Gasteiger partial charge in [0, 0.05) is 16.3 Å². The first-order chi connectivity index (χ1) is 12.2. The van der Waals surface area contributed by atoms with Crippen LogP contribution in [0.2, 0.25) is 0 Å². The molecule has 3 rings (SSSR count). The molecule has 1 aliphatic heterocycles. The number of hydrogen-bond donors (Lipinski definition) is 0. The molecule has 0 bridgehead atoms. The number of thioether (sulfide) groups is 1. The second-order valence-electron chi connectivity index (χ2n) is 5.92. The van der Waals surface area contributed by atoms with Crippen LogP contribution in [0.15, 0.2) is 57.6 Å². The lowest BCUT2D eigenvalue weighted by atomic mass is 10.2. The molecule has 2 heterocycles. The molecule has 25 heavy (non-hydrogen) atoms. The monoisotopic (exact) mass is 371 g/mol. The fourth-order valence-corrected chi connectivity index (χ4v) is 4.65. The highest BCUT2D eigenvalue weighted by Gasteiger charge is 2.39. The molecule has 5 heteroatoms. The number of hydrogen-bond acceptors (Lipinski definition) is 4. The lowest BCUT2D eigenvalue weighted by Gasteiger charge is -2.14. The van der Waals surface area contributed by atoms with Gasteiger partial charge in [-0.05, 0) is 30.0 Å². The van der Waals surface area contributed by atoms with Crippen LogP contribution >= 0.6 is 23.1 Å². The van der Waals surface area contributed by atoms with Crippen LogP contribution in [0.1, 0.15) is 37.5 Å². The molecule has 130 valence electrons. The Morgan fingerprint density at radius 1 is 0.960 bits per heavy atom. The van der Waals surface area contributed by atoms with Crippen LogP contribution in [0.5, 0.6) is 0 Å². The Labute approximate surface area is 156 Å². The summed E-state index contributed by atoms with van der Waals surface area (Å²) in [5.74, 6) is -0.305. The van der Waals surface area contributed by atoms with Gasteiger partial charge in [0.1, 0.15) is 0 Å². The summed E-state index contributed by atoms with van der Waals surface area (Å²) in [4.78, 5) is 29.7. The Kier molecular flexibility index (Phi) is 6.10. The zero-order valence-electron chi connectivity index (χ0n) is 14.2. The van der Waals surface area contributed by atoms with Crippen LogP contribution in [0.3, 0.4) is 0 Å². The molecule has 0 radical (unpaired) electrons. The van der Waals surface area contributed by atoms with E-state index in [4.69, 9.17) is 0 Å². The minimum atomic E-state index is -0.154. The molecule has 1 aromatic carbocycles. The summed E-state index contributed by atoms with van der Waals surface area (Å²) in [6.07, 6.45) is 4.18. The van der Waals surface area contributed by atoms with Crippen LogP contribution in [0, 0.1) is 0 Å². The molecule has 1 aromatic heterocycles. The highest BCUT2D eigenvalue weighted by atomic mass is 32.2. The standard InChI is InChI=1S/C20H21NO2S2/c1-2-3-4-8-13-21-19(22)17(16-12-9-14-24-16)18(20(21)23)25-15-10-6-5-7-11-15/h5-7,9-12,14H,2-4,8,13H2,1H3. The van der Waals surface area contributed by atoms with Crippen LogP contribution < -0.4 is 0 Å². The molecule has 2 aromatic rings. The van der Waals surface area contributed by atoms with Crippen molar-refractivity contribution in [1.82, 2.24) is 4.90 Å².